The second-order valence-electron chi connectivity index (χ2n) is 5.74. The Hall–Kier alpha value is -1.05. The van der Waals surface area contributed by atoms with Gasteiger partial charge >= 0.3 is 0 Å². The number of guanidine groups is 1. The smallest absolute Gasteiger partial charge is 0.193 e. The summed E-state index contributed by atoms with van der Waals surface area (Å²) in [5.74, 6) is 0.857. The van der Waals surface area contributed by atoms with Crippen LogP contribution in [0.2, 0.25) is 0 Å². The minimum atomic E-state index is -0.136. The third kappa shape index (κ3) is 3.83. The van der Waals surface area contributed by atoms with Gasteiger partial charge in [-0.15, -0.1) is 24.0 Å². The normalized spacial score (nSPS) is 19.5. The predicted molar refractivity (Wildman–Crippen MR) is 99.7 cm³/mol. The molecule has 1 aliphatic heterocycles. The average Bonchev–Trinajstić information content (AvgIpc) is 2.47. The van der Waals surface area contributed by atoms with Gasteiger partial charge in [0.05, 0.1) is 5.69 Å². The van der Waals surface area contributed by atoms with E-state index in [1.54, 1.807) is 6.07 Å². The van der Waals surface area contributed by atoms with Crippen LogP contribution >= 0.6 is 24.0 Å². The largest absolute Gasteiger partial charge is 0.366 e. The lowest BCUT2D eigenvalue weighted by molar-refractivity contribution is 0.331. The van der Waals surface area contributed by atoms with Gasteiger partial charge in [-0.05, 0) is 31.4 Å². The fraction of sp³-hybridized carbons (Fsp3) is 0.562. The third-order valence-electron chi connectivity index (χ3n) is 4.42. The van der Waals surface area contributed by atoms with Gasteiger partial charge < -0.3 is 15.1 Å². The maximum Gasteiger partial charge on any atom is 0.193 e. The highest BCUT2D eigenvalue weighted by atomic mass is 127. The van der Waals surface area contributed by atoms with Crippen molar-refractivity contribution in [2.24, 2.45) is 4.99 Å². The zero-order chi connectivity index (χ0) is 14.7. The number of hydrogen-bond donors (Lipinski definition) is 1. The summed E-state index contributed by atoms with van der Waals surface area (Å²) in [7, 11) is 1.84. The monoisotopic (exact) mass is 418 g/mol. The molecule has 0 bridgehead atoms. The maximum atomic E-state index is 13.8. The molecular formula is C16H24FIN4. The Morgan fingerprint density at radius 1 is 1.18 bits per heavy atom. The van der Waals surface area contributed by atoms with E-state index in [0.717, 1.165) is 32.1 Å². The molecule has 0 spiro atoms. The van der Waals surface area contributed by atoms with Crippen molar-refractivity contribution < 1.29 is 4.39 Å². The third-order valence-corrected chi connectivity index (χ3v) is 4.42. The fourth-order valence-corrected chi connectivity index (χ4v) is 2.90. The molecule has 3 rings (SSSR count). The van der Waals surface area contributed by atoms with Gasteiger partial charge in [0.25, 0.3) is 0 Å². The number of benzene rings is 1. The van der Waals surface area contributed by atoms with Crippen LogP contribution in [-0.2, 0) is 0 Å². The van der Waals surface area contributed by atoms with Crippen molar-refractivity contribution in [1.29, 1.82) is 0 Å². The number of piperazine rings is 1. The second-order valence-corrected chi connectivity index (χ2v) is 5.74. The lowest BCUT2D eigenvalue weighted by atomic mass is 9.93. The standard InChI is InChI=1S/C16H23FN4.HI/c1-18-16(19-13-5-4-6-13)21-11-9-20(10-12-21)15-8-3-2-7-14(15)17;/h2-3,7-8,13H,4-6,9-12H2,1H3,(H,18,19);1H. The molecule has 0 aromatic heterocycles. The first-order chi connectivity index (χ1) is 10.3. The molecule has 6 heteroatoms. The van der Waals surface area contributed by atoms with Gasteiger partial charge in [0.1, 0.15) is 5.82 Å². The Bertz CT molecular complexity index is 511. The Balaban J connectivity index is 0.00000176. The molecule has 0 amide bonds. The maximum absolute atomic E-state index is 13.8. The van der Waals surface area contributed by atoms with E-state index in [0.29, 0.717) is 11.7 Å². The molecule has 22 heavy (non-hydrogen) atoms. The van der Waals surface area contributed by atoms with Gasteiger partial charge in [-0.3, -0.25) is 4.99 Å². The molecule has 1 heterocycles. The van der Waals surface area contributed by atoms with Crippen molar-refractivity contribution in [2.45, 2.75) is 25.3 Å². The Morgan fingerprint density at radius 2 is 1.86 bits per heavy atom. The molecule has 0 unspecified atom stereocenters. The molecule has 1 aromatic rings. The van der Waals surface area contributed by atoms with Gasteiger partial charge in [0, 0.05) is 39.3 Å². The number of anilines is 1. The Labute approximate surface area is 148 Å². The fourth-order valence-electron chi connectivity index (χ4n) is 2.90. The summed E-state index contributed by atoms with van der Waals surface area (Å²) >= 11 is 0. The van der Waals surface area contributed by atoms with Crippen LogP contribution in [0.5, 0.6) is 0 Å². The molecular weight excluding hydrogens is 394 g/mol. The number of hydrogen-bond acceptors (Lipinski definition) is 2. The summed E-state index contributed by atoms with van der Waals surface area (Å²) in [6.07, 6.45) is 3.80. The number of aliphatic imine (C=N–C) groups is 1. The van der Waals surface area contributed by atoms with Gasteiger partial charge in [0.15, 0.2) is 5.96 Å². The Morgan fingerprint density at radius 3 is 2.41 bits per heavy atom. The number of para-hydroxylation sites is 1. The van der Waals surface area contributed by atoms with Crippen molar-refractivity contribution in [3.8, 4) is 0 Å². The van der Waals surface area contributed by atoms with E-state index in [1.165, 1.54) is 25.3 Å². The number of halogens is 2. The summed E-state index contributed by atoms with van der Waals surface area (Å²) in [6.45, 7) is 3.40. The first-order valence-electron chi connectivity index (χ1n) is 7.75. The van der Waals surface area contributed by atoms with Crippen molar-refractivity contribution in [3.05, 3.63) is 30.1 Å². The summed E-state index contributed by atoms with van der Waals surface area (Å²) < 4.78 is 13.8. The summed E-state index contributed by atoms with van der Waals surface area (Å²) in [4.78, 5) is 8.77. The number of nitrogens with one attached hydrogen (secondary N) is 1. The average molecular weight is 418 g/mol. The highest BCUT2D eigenvalue weighted by molar-refractivity contribution is 14.0. The van der Waals surface area contributed by atoms with Crippen molar-refractivity contribution in [3.63, 3.8) is 0 Å². The first kappa shape index (κ1) is 17.3. The SMILES string of the molecule is CN=C(NC1CCC1)N1CCN(c2ccccc2F)CC1.I. The molecule has 0 atom stereocenters. The molecule has 1 N–H and O–H groups in total. The summed E-state index contributed by atoms with van der Waals surface area (Å²) in [5.41, 5.74) is 0.707. The quantitative estimate of drug-likeness (QED) is 0.455. The number of rotatable bonds is 2. The second kappa shape index (κ2) is 7.99. The molecule has 2 aliphatic rings. The molecule has 1 saturated heterocycles. The first-order valence-corrected chi connectivity index (χ1v) is 7.75. The van der Waals surface area contributed by atoms with Crippen LogP contribution in [-0.4, -0.2) is 50.1 Å². The zero-order valence-corrected chi connectivity index (χ0v) is 15.3. The topological polar surface area (TPSA) is 30.9 Å². The van der Waals surface area contributed by atoms with E-state index >= 15 is 0 Å². The minimum Gasteiger partial charge on any atom is -0.366 e. The molecule has 0 radical (unpaired) electrons. The summed E-state index contributed by atoms with van der Waals surface area (Å²) in [5, 5.41) is 3.52. The van der Waals surface area contributed by atoms with Gasteiger partial charge in [-0.1, -0.05) is 12.1 Å². The van der Waals surface area contributed by atoms with Crippen molar-refractivity contribution in [1.82, 2.24) is 10.2 Å². The van der Waals surface area contributed by atoms with Gasteiger partial charge in [0.2, 0.25) is 0 Å². The minimum absolute atomic E-state index is 0. The molecule has 1 saturated carbocycles. The van der Waals surface area contributed by atoms with Crippen LogP contribution in [0.4, 0.5) is 10.1 Å². The summed E-state index contributed by atoms with van der Waals surface area (Å²) in [6, 6.07) is 7.60. The van der Waals surface area contributed by atoms with E-state index < -0.39 is 0 Å². The van der Waals surface area contributed by atoms with Crippen LogP contribution in [0.25, 0.3) is 0 Å². The van der Waals surface area contributed by atoms with Crippen molar-refractivity contribution >= 4 is 35.6 Å². The molecule has 2 fully saturated rings. The predicted octanol–water partition coefficient (Wildman–Crippen LogP) is 2.69. The molecule has 1 aromatic carbocycles. The Kier molecular flexibility index (Phi) is 6.28. The van der Waals surface area contributed by atoms with Gasteiger partial charge in [-0.25, -0.2) is 4.39 Å². The van der Waals surface area contributed by atoms with Gasteiger partial charge in [-0.2, -0.15) is 0 Å². The van der Waals surface area contributed by atoms with E-state index in [2.05, 4.69) is 20.1 Å². The van der Waals surface area contributed by atoms with E-state index in [4.69, 9.17) is 0 Å². The highest BCUT2D eigenvalue weighted by Crippen LogP contribution is 2.21. The number of nitrogens with zero attached hydrogens (tertiary/aromatic N) is 3. The van der Waals surface area contributed by atoms with E-state index in [9.17, 15) is 4.39 Å². The lowest BCUT2D eigenvalue weighted by Gasteiger charge is -2.39. The van der Waals surface area contributed by atoms with E-state index in [-0.39, 0.29) is 29.8 Å². The van der Waals surface area contributed by atoms with Crippen LogP contribution < -0.4 is 10.2 Å². The molecule has 1 aliphatic carbocycles. The molecule has 122 valence electrons. The highest BCUT2D eigenvalue weighted by Gasteiger charge is 2.24. The molecule has 4 nitrogen and oxygen atoms in total. The van der Waals surface area contributed by atoms with Crippen LogP contribution in [0.1, 0.15) is 19.3 Å². The zero-order valence-electron chi connectivity index (χ0n) is 13.0. The van der Waals surface area contributed by atoms with Crippen LogP contribution in [0, 0.1) is 5.82 Å². The van der Waals surface area contributed by atoms with Crippen LogP contribution in [0.15, 0.2) is 29.3 Å². The van der Waals surface area contributed by atoms with Crippen LogP contribution in [0.3, 0.4) is 0 Å². The van der Waals surface area contributed by atoms with Crippen molar-refractivity contribution in [2.75, 3.05) is 38.1 Å². The lowest BCUT2D eigenvalue weighted by Crippen LogP contribution is -2.55. The van der Waals surface area contributed by atoms with E-state index in [1.807, 2.05) is 19.2 Å².